The second-order valence-corrected chi connectivity index (χ2v) is 5.15. The average Bonchev–Trinajstić information content (AvgIpc) is 3.17. The van der Waals surface area contributed by atoms with E-state index in [1.807, 2.05) is 53.4 Å². The Balaban J connectivity index is 2.37. The van der Waals surface area contributed by atoms with Crippen LogP contribution < -0.4 is 0 Å². The van der Waals surface area contributed by atoms with Crippen LogP contribution in [0.15, 0.2) is 37.2 Å². The quantitative estimate of drug-likeness (QED) is 0.744. The summed E-state index contributed by atoms with van der Waals surface area (Å²) in [6.07, 6.45) is 10.7. The molecule has 3 aromatic heterocycles. The van der Waals surface area contributed by atoms with Crippen LogP contribution in [-0.4, -0.2) is 40.4 Å². The van der Waals surface area contributed by atoms with E-state index in [9.17, 15) is 5.11 Å². The number of hydrogen-bond acceptors (Lipinski definition) is 4. The smallest absolute Gasteiger partial charge is 0.167 e. The zero-order chi connectivity index (χ0) is 15.0. The lowest BCUT2D eigenvalue weighted by Gasteiger charge is -2.30. The van der Waals surface area contributed by atoms with Crippen LogP contribution in [0.3, 0.4) is 0 Å². The first-order chi connectivity index (χ1) is 10.1. The fourth-order valence-electron chi connectivity index (χ4n) is 2.84. The van der Waals surface area contributed by atoms with Crippen LogP contribution in [0.1, 0.15) is 17.5 Å². The molecular weight excluding hydrogens is 268 g/mol. The Hall–Kier alpha value is -2.41. The lowest BCUT2D eigenvalue weighted by Crippen LogP contribution is -2.41. The number of aliphatic hydroxyl groups is 1. The number of aryl methyl sites for hydroxylation is 3. The minimum Gasteiger partial charge on any atom is -0.394 e. The van der Waals surface area contributed by atoms with Crippen molar-refractivity contribution < 1.29 is 5.11 Å². The Morgan fingerprint density at radius 3 is 1.33 bits per heavy atom. The maximum Gasteiger partial charge on any atom is 0.167 e. The molecular formula is C14H18N6O. The molecule has 3 rings (SSSR count). The predicted octanol–water partition coefficient (Wildman–Crippen LogP) is 0.214. The molecule has 0 fully saturated rings. The molecule has 0 unspecified atom stereocenters. The number of nitrogens with zero attached hydrogens (tertiary/aromatic N) is 6. The van der Waals surface area contributed by atoms with E-state index in [0.717, 1.165) is 0 Å². The molecule has 0 aromatic carbocycles. The molecule has 3 aromatic rings. The number of aromatic nitrogens is 6. The molecule has 0 bridgehead atoms. The van der Waals surface area contributed by atoms with E-state index in [1.165, 1.54) is 0 Å². The third-order valence-corrected chi connectivity index (χ3v) is 3.85. The van der Waals surface area contributed by atoms with Gasteiger partial charge in [-0.3, -0.25) is 0 Å². The van der Waals surface area contributed by atoms with Gasteiger partial charge in [0, 0.05) is 58.3 Å². The Morgan fingerprint density at radius 2 is 1.14 bits per heavy atom. The van der Waals surface area contributed by atoms with Crippen molar-refractivity contribution in [3.8, 4) is 0 Å². The standard InChI is InChI=1S/C14H18N6O/c1-18-7-4-15-11(18)14(10-21,12-16-5-8-19(12)2)13-17-6-9-20(13)3/h4-9,21H,10H2,1-3H3. The summed E-state index contributed by atoms with van der Waals surface area (Å²) >= 11 is 0. The molecule has 1 N–H and O–H groups in total. The second kappa shape index (κ2) is 4.85. The summed E-state index contributed by atoms with van der Waals surface area (Å²) in [5.74, 6) is 2.11. The van der Waals surface area contributed by atoms with E-state index in [-0.39, 0.29) is 6.61 Å². The molecule has 0 aliphatic carbocycles. The molecule has 7 heteroatoms. The largest absolute Gasteiger partial charge is 0.394 e. The van der Waals surface area contributed by atoms with Crippen LogP contribution in [0, 0.1) is 0 Å². The minimum atomic E-state index is -0.908. The highest BCUT2D eigenvalue weighted by Crippen LogP contribution is 2.35. The zero-order valence-corrected chi connectivity index (χ0v) is 12.3. The molecule has 0 saturated carbocycles. The van der Waals surface area contributed by atoms with E-state index < -0.39 is 5.41 Å². The maximum absolute atomic E-state index is 10.3. The Morgan fingerprint density at radius 1 is 0.810 bits per heavy atom. The summed E-state index contributed by atoms with van der Waals surface area (Å²) in [4.78, 5) is 13.3. The van der Waals surface area contributed by atoms with Gasteiger partial charge in [0.15, 0.2) is 5.41 Å². The first-order valence-corrected chi connectivity index (χ1v) is 6.65. The van der Waals surface area contributed by atoms with E-state index in [1.54, 1.807) is 18.6 Å². The number of hydrogen-bond donors (Lipinski definition) is 1. The van der Waals surface area contributed by atoms with E-state index in [4.69, 9.17) is 0 Å². The number of imidazole rings is 3. The van der Waals surface area contributed by atoms with Gasteiger partial charge in [-0.15, -0.1) is 0 Å². The fourth-order valence-corrected chi connectivity index (χ4v) is 2.84. The second-order valence-electron chi connectivity index (χ2n) is 5.15. The molecule has 0 saturated heterocycles. The van der Waals surface area contributed by atoms with Crippen molar-refractivity contribution >= 4 is 0 Å². The highest BCUT2D eigenvalue weighted by atomic mass is 16.3. The van der Waals surface area contributed by atoms with Gasteiger partial charge in [-0.25, -0.2) is 15.0 Å². The van der Waals surface area contributed by atoms with Crippen LogP contribution in [0.25, 0.3) is 0 Å². The van der Waals surface area contributed by atoms with Crippen LogP contribution in [-0.2, 0) is 26.6 Å². The highest BCUT2D eigenvalue weighted by Gasteiger charge is 2.46. The normalized spacial score (nSPS) is 12.0. The molecule has 0 atom stereocenters. The molecule has 3 heterocycles. The zero-order valence-electron chi connectivity index (χ0n) is 12.3. The molecule has 0 radical (unpaired) electrons. The van der Waals surface area contributed by atoms with Crippen LogP contribution in [0.2, 0.25) is 0 Å². The van der Waals surface area contributed by atoms with Crippen LogP contribution >= 0.6 is 0 Å². The summed E-state index contributed by atoms with van der Waals surface area (Å²) in [5.41, 5.74) is -0.908. The van der Waals surface area contributed by atoms with Crippen molar-refractivity contribution in [2.45, 2.75) is 5.41 Å². The SMILES string of the molecule is Cn1ccnc1C(CO)(c1nccn1C)c1nccn1C. The molecule has 0 aliphatic heterocycles. The van der Waals surface area contributed by atoms with Crippen molar-refractivity contribution in [2.24, 2.45) is 21.1 Å². The molecule has 0 amide bonds. The van der Waals surface area contributed by atoms with Gasteiger partial charge in [-0.05, 0) is 0 Å². The Labute approximate surface area is 122 Å². The van der Waals surface area contributed by atoms with Crippen molar-refractivity contribution in [2.75, 3.05) is 6.61 Å². The summed E-state index contributed by atoms with van der Waals surface area (Å²) in [5, 5.41) is 10.3. The van der Waals surface area contributed by atoms with E-state index >= 15 is 0 Å². The molecule has 110 valence electrons. The van der Waals surface area contributed by atoms with Gasteiger partial charge in [0.2, 0.25) is 0 Å². The minimum absolute atomic E-state index is 0.173. The maximum atomic E-state index is 10.3. The van der Waals surface area contributed by atoms with Gasteiger partial charge >= 0.3 is 0 Å². The van der Waals surface area contributed by atoms with E-state index in [2.05, 4.69) is 15.0 Å². The number of aliphatic hydroxyl groups excluding tert-OH is 1. The number of rotatable bonds is 4. The lowest BCUT2D eigenvalue weighted by atomic mass is 9.85. The van der Waals surface area contributed by atoms with Gasteiger partial charge < -0.3 is 18.8 Å². The highest BCUT2D eigenvalue weighted by molar-refractivity contribution is 5.35. The summed E-state index contributed by atoms with van der Waals surface area (Å²) in [7, 11) is 5.70. The van der Waals surface area contributed by atoms with Crippen molar-refractivity contribution in [1.82, 2.24) is 28.7 Å². The Kier molecular flexibility index (Phi) is 3.13. The summed E-state index contributed by atoms with van der Waals surface area (Å²) < 4.78 is 5.67. The average molecular weight is 286 g/mol. The molecule has 0 aliphatic rings. The third-order valence-electron chi connectivity index (χ3n) is 3.85. The Bertz CT molecular complexity index is 655. The van der Waals surface area contributed by atoms with Gasteiger partial charge in [0.1, 0.15) is 17.5 Å². The van der Waals surface area contributed by atoms with Crippen molar-refractivity contribution in [1.29, 1.82) is 0 Å². The first-order valence-electron chi connectivity index (χ1n) is 6.65. The first kappa shape index (κ1) is 13.6. The van der Waals surface area contributed by atoms with Crippen molar-refractivity contribution in [3.05, 3.63) is 54.7 Å². The predicted molar refractivity (Wildman–Crippen MR) is 76.6 cm³/mol. The lowest BCUT2D eigenvalue weighted by molar-refractivity contribution is 0.218. The van der Waals surface area contributed by atoms with Crippen LogP contribution in [0.4, 0.5) is 0 Å². The summed E-state index contributed by atoms with van der Waals surface area (Å²) in [6.45, 7) is -0.173. The van der Waals surface area contributed by atoms with Gasteiger partial charge in [0.25, 0.3) is 0 Å². The van der Waals surface area contributed by atoms with Crippen LogP contribution in [0.5, 0.6) is 0 Å². The topological polar surface area (TPSA) is 73.7 Å². The van der Waals surface area contributed by atoms with Gasteiger partial charge in [0.05, 0.1) is 6.61 Å². The summed E-state index contributed by atoms with van der Waals surface area (Å²) in [6, 6.07) is 0. The van der Waals surface area contributed by atoms with Gasteiger partial charge in [-0.2, -0.15) is 0 Å². The molecule has 7 nitrogen and oxygen atoms in total. The molecule has 0 spiro atoms. The fraction of sp³-hybridized carbons (Fsp3) is 0.357. The van der Waals surface area contributed by atoms with Gasteiger partial charge in [-0.1, -0.05) is 0 Å². The molecule has 21 heavy (non-hydrogen) atoms. The van der Waals surface area contributed by atoms with Crippen molar-refractivity contribution in [3.63, 3.8) is 0 Å². The van der Waals surface area contributed by atoms with E-state index in [0.29, 0.717) is 17.5 Å². The monoisotopic (exact) mass is 286 g/mol. The third kappa shape index (κ3) is 1.81.